The van der Waals surface area contributed by atoms with Gasteiger partial charge >= 0.3 is 0 Å². The summed E-state index contributed by atoms with van der Waals surface area (Å²) in [5, 5.41) is 11.9. The van der Waals surface area contributed by atoms with Crippen molar-refractivity contribution in [3.8, 4) is 5.75 Å². The fraction of sp³-hybridized carbons (Fsp3) is 0.174. The molecule has 2 heterocycles. The van der Waals surface area contributed by atoms with Crippen molar-refractivity contribution >= 4 is 23.3 Å². The van der Waals surface area contributed by atoms with Gasteiger partial charge in [0, 0.05) is 16.8 Å². The van der Waals surface area contributed by atoms with Crippen molar-refractivity contribution in [2.75, 3.05) is 5.32 Å². The average molecular weight is 437 g/mol. The van der Waals surface area contributed by atoms with E-state index in [4.69, 9.17) is 20.9 Å². The molecule has 7 nitrogen and oxygen atoms in total. The van der Waals surface area contributed by atoms with E-state index in [-0.39, 0.29) is 12.3 Å². The van der Waals surface area contributed by atoms with E-state index in [9.17, 15) is 4.79 Å². The highest BCUT2D eigenvalue weighted by atomic mass is 35.5. The van der Waals surface area contributed by atoms with Crippen molar-refractivity contribution in [3.63, 3.8) is 0 Å². The van der Waals surface area contributed by atoms with E-state index in [1.807, 2.05) is 61.5 Å². The Bertz CT molecular complexity index is 1200. The van der Waals surface area contributed by atoms with E-state index >= 15 is 0 Å². The van der Waals surface area contributed by atoms with Gasteiger partial charge in [0.05, 0.1) is 12.1 Å². The fourth-order valence-corrected chi connectivity index (χ4v) is 3.34. The van der Waals surface area contributed by atoms with Crippen LogP contribution in [-0.2, 0) is 13.2 Å². The van der Waals surface area contributed by atoms with Crippen molar-refractivity contribution in [1.82, 2.24) is 14.9 Å². The lowest BCUT2D eigenvalue weighted by molar-refractivity contribution is 0.101. The number of ether oxygens (including phenoxy) is 1. The van der Waals surface area contributed by atoms with Crippen molar-refractivity contribution < 1.29 is 14.1 Å². The summed E-state index contributed by atoms with van der Waals surface area (Å²) < 4.78 is 12.8. The van der Waals surface area contributed by atoms with Crippen LogP contribution in [0.1, 0.15) is 33.1 Å². The van der Waals surface area contributed by atoms with Crippen molar-refractivity contribution in [2.24, 2.45) is 0 Å². The van der Waals surface area contributed by atoms with Gasteiger partial charge in [-0.2, -0.15) is 5.10 Å². The Kier molecular flexibility index (Phi) is 6.04. The molecule has 0 aliphatic carbocycles. The highest BCUT2D eigenvalue weighted by Gasteiger charge is 2.21. The summed E-state index contributed by atoms with van der Waals surface area (Å²) in [4.78, 5) is 12.8. The first-order valence-corrected chi connectivity index (χ1v) is 10.1. The number of halogens is 1. The molecule has 0 radical (unpaired) electrons. The molecule has 0 unspecified atom stereocenters. The van der Waals surface area contributed by atoms with E-state index in [0.717, 1.165) is 11.3 Å². The summed E-state index contributed by atoms with van der Waals surface area (Å²) in [5.74, 6) is 1.25. The number of aryl methyl sites for hydroxylation is 2. The Morgan fingerprint density at radius 3 is 2.71 bits per heavy atom. The van der Waals surface area contributed by atoms with Gasteiger partial charge < -0.3 is 14.6 Å². The van der Waals surface area contributed by atoms with Crippen LogP contribution < -0.4 is 10.1 Å². The molecule has 31 heavy (non-hydrogen) atoms. The first-order valence-electron chi connectivity index (χ1n) is 9.73. The number of anilines is 1. The topological polar surface area (TPSA) is 82.2 Å². The maximum absolute atomic E-state index is 12.8. The zero-order chi connectivity index (χ0) is 21.8. The van der Waals surface area contributed by atoms with Crippen molar-refractivity contribution in [1.29, 1.82) is 0 Å². The van der Waals surface area contributed by atoms with Crippen LogP contribution in [0.2, 0.25) is 5.02 Å². The Labute approximate surface area is 184 Å². The summed E-state index contributed by atoms with van der Waals surface area (Å²) in [6, 6.07) is 18.7. The number of carbonyl (C=O) groups excluding carboxylic acids is 1. The molecule has 0 bridgehead atoms. The highest BCUT2D eigenvalue weighted by molar-refractivity contribution is 6.30. The minimum atomic E-state index is -0.407. The molecule has 4 aromatic rings. The van der Waals surface area contributed by atoms with Gasteiger partial charge in [-0.05, 0) is 43.7 Å². The van der Waals surface area contributed by atoms with Gasteiger partial charge in [-0.15, -0.1) is 0 Å². The summed E-state index contributed by atoms with van der Waals surface area (Å²) in [6.07, 6.45) is 0. The quantitative estimate of drug-likeness (QED) is 0.439. The predicted octanol–water partition coefficient (Wildman–Crippen LogP) is 5.02. The van der Waals surface area contributed by atoms with E-state index < -0.39 is 5.91 Å². The third-order valence-electron chi connectivity index (χ3n) is 4.77. The van der Waals surface area contributed by atoms with Crippen LogP contribution >= 0.6 is 11.6 Å². The van der Waals surface area contributed by atoms with E-state index in [0.29, 0.717) is 34.5 Å². The zero-order valence-electron chi connectivity index (χ0n) is 17.1. The number of aromatic nitrogens is 3. The Balaban J connectivity index is 1.46. The lowest BCUT2D eigenvalue weighted by Crippen LogP contribution is -2.16. The van der Waals surface area contributed by atoms with Crippen molar-refractivity contribution in [2.45, 2.75) is 27.0 Å². The normalized spacial score (nSPS) is 10.8. The number of amides is 1. The van der Waals surface area contributed by atoms with Gasteiger partial charge in [0.2, 0.25) is 0 Å². The number of hydrogen-bond donors (Lipinski definition) is 1. The fourth-order valence-electron chi connectivity index (χ4n) is 3.13. The zero-order valence-corrected chi connectivity index (χ0v) is 17.9. The first-order chi connectivity index (χ1) is 15.0. The molecular formula is C23H21ClN4O3. The number of carbonyl (C=O) groups is 1. The first kappa shape index (κ1) is 20.7. The summed E-state index contributed by atoms with van der Waals surface area (Å²) in [6.45, 7) is 4.38. The van der Waals surface area contributed by atoms with E-state index in [1.165, 1.54) is 0 Å². The van der Waals surface area contributed by atoms with Gasteiger partial charge in [0.25, 0.3) is 5.91 Å². The number of benzene rings is 2. The lowest BCUT2D eigenvalue weighted by atomic mass is 10.2. The minimum Gasteiger partial charge on any atom is -0.489 e. The molecule has 0 saturated carbocycles. The lowest BCUT2D eigenvalue weighted by Gasteiger charge is -2.06. The van der Waals surface area contributed by atoms with Crippen LogP contribution in [0.25, 0.3) is 0 Å². The number of para-hydroxylation sites is 1. The molecule has 0 atom stereocenters. The largest absolute Gasteiger partial charge is 0.489 e. The van der Waals surface area contributed by atoms with Crippen LogP contribution in [0.5, 0.6) is 5.75 Å². The maximum atomic E-state index is 12.8. The second-order valence-electron chi connectivity index (χ2n) is 7.08. The number of nitrogens with one attached hydrogen (secondary N) is 1. The molecule has 0 aliphatic rings. The molecule has 2 aromatic heterocycles. The van der Waals surface area contributed by atoms with Gasteiger partial charge in [-0.25, -0.2) is 0 Å². The highest BCUT2D eigenvalue weighted by Crippen LogP contribution is 2.20. The number of rotatable bonds is 7. The number of nitrogens with zero attached hydrogens (tertiary/aromatic N) is 3. The molecule has 1 amide bonds. The molecule has 8 heteroatoms. The van der Waals surface area contributed by atoms with Gasteiger partial charge in [-0.3, -0.25) is 9.48 Å². The third-order valence-corrected chi connectivity index (χ3v) is 5.01. The molecule has 0 saturated heterocycles. The molecule has 0 fully saturated rings. The third kappa shape index (κ3) is 4.95. The Morgan fingerprint density at radius 1 is 1.13 bits per heavy atom. The van der Waals surface area contributed by atoms with Crippen LogP contribution in [-0.4, -0.2) is 20.8 Å². The van der Waals surface area contributed by atoms with Crippen LogP contribution in [0.3, 0.4) is 0 Å². The summed E-state index contributed by atoms with van der Waals surface area (Å²) in [7, 11) is 0. The maximum Gasteiger partial charge on any atom is 0.279 e. The van der Waals surface area contributed by atoms with E-state index in [1.54, 1.807) is 17.7 Å². The summed E-state index contributed by atoms with van der Waals surface area (Å²) >= 11 is 6.06. The standard InChI is InChI=1S/C23H21ClN4O3/c1-15-11-21(26-28(15)13-17-7-6-8-18(24)12-17)25-23(29)22-20(16(2)31-27-22)14-30-19-9-4-3-5-10-19/h3-12H,13-14H2,1-2H3,(H,25,26,29). The average Bonchev–Trinajstić information content (AvgIpc) is 3.29. The smallest absolute Gasteiger partial charge is 0.279 e. The predicted molar refractivity (Wildman–Crippen MR) is 117 cm³/mol. The monoisotopic (exact) mass is 436 g/mol. The SMILES string of the molecule is Cc1onc(C(=O)Nc2cc(C)n(Cc3cccc(Cl)c3)n2)c1COc1ccccc1. The van der Waals surface area contributed by atoms with E-state index in [2.05, 4.69) is 15.6 Å². The molecule has 158 valence electrons. The molecule has 0 spiro atoms. The second-order valence-corrected chi connectivity index (χ2v) is 7.52. The Hall–Kier alpha value is -3.58. The minimum absolute atomic E-state index is 0.171. The van der Waals surface area contributed by atoms with Crippen molar-refractivity contribution in [3.05, 3.63) is 94.0 Å². The summed E-state index contributed by atoms with van der Waals surface area (Å²) in [5.41, 5.74) is 2.69. The molecular weight excluding hydrogens is 416 g/mol. The van der Waals surface area contributed by atoms with Crippen LogP contribution in [0, 0.1) is 13.8 Å². The number of hydrogen-bond acceptors (Lipinski definition) is 5. The molecule has 2 aromatic carbocycles. The molecule has 4 rings (SSSR count). The molecule has 1 N–H and O–H groups in total. The molecule has 0 aliphatic heterocycles. The Morgan fingerprint density at radius 2 is 1.94 bits per heavy atom. The van der Waals surface area contributed by atoms with Crippen LogP contribution in [0.4, 0.5) is 5.82 Å². The van der Waals surface area contributed by atoms with Gasteiger partial charge in [0.15, 0.2) is 11.5 Å². The second kappa shape index (κ2) is 9.06. The van der Waals surface area contributed by atoms with Gasteiger partial charge in [-0.1, -0.05) is 47.1 Å². The van der Waals surface area contributed by atoms with Crippen LogP contribution in [0.15, 0.2) is 65.2 Å². The van der Waals surface area contributed by atoms with Gasteiger partial charge in [0.1, 0.15) is 18.1 Å².